The summed E-state index contributed by atoms with van der Waals surface area (Å²) < 4.78 is 9.05. The summed E-state index contributed by atoms with van der Waals surface area (Å²) in [7, 11) is 0. The van der Waals surface area contributed by atoms with Crippen LogP contribution in [0.1, 0.15) is 22.9 Å². The number of furan rings is 1. The van der Waals surface area contributed by atoms with E-state index in [0.717, 1.165) is 55.4 Å². The number of para-hydroxylation sites is 1. The van der Waals surface area contributed by atoms with Gasteiger partial charge in [-0.2, -0.15) is 0 Å². The summed E-state index contributed by atoms with van der Waals surface area (Å²) in [5.41, 5.74) is 6.98. The minimum atomic E-state index is -0.352. The van der Waals surface area contributed by atoms with Gasteiger partial charge in [0.05, 0.1) is 0 Å². The van der Waals surface area contributed by atoms with Crippen LogP contribution in [-0.4, -0.2) is 11.7 Å². The first-order valence-corrected chi connectivity index (χ1v) is 18.3. The number of fused-ring (bicyclic) bond motifs is 9. The van der Waals surface area contributed by atoms with Crippen LogP contribution >= 0.6 is 11.3 Å². The molecular formula is C47H29N3OS. The van der Waals surface area contributed by atoms with Gasteiger partial charge in [0.25, 0.3) is 0 Å². The van der Waals surface area contributed by atoms with Crippen molar-refractivity contribution in [2.75, 3.05) is 0 Å². The van der Waals surface area contributed by atoms with Gasteiger partial charge in [-0.05, 0) is 74.6 Å². The molecule has 0 bridgehead atoms. The number of nitrogens with one attached hydrogen (secondary N) is 1. The van der Waals surface area contributed by atoms with Crippen molar-refractivity contribution in [2.45, 2.75) is 6.17 Å². The van der Waals surface area contributed by atoms with E-state index in [9.17, 15) is 0 Å². The Balaban J connectivity index is 1.20. The molecule has 10 aromatic rings. The van der Waals surface area contributed by atoms with Gasteiger partial charge >= 0.3 is 0 Å². The third kappa shape index (κ3) is 4.53. The topological polar surface area (TPSA) is 49.9 Å². The Bertz CT molecular complexity index is 3120. The second-order valence-electron chi connectivity index (χ2n) is 13.3. The zero-order valence-corrected chi connectivity index (χ0v) is 28.7. The first-order valence-electron chi connectivity index (χ1n) is 17.5. The van der Waals surface area contributed by atoms with Gasteiger partial charge in [-0.15, -0.1) is 11.3 Å². The number of aliphatic imine (C=N–C) groups is 2. The Morgan fingerprint density at radius 3 is 2.19 bits per heavy atom. The van der Waals surface area contributed by atoms with E-state index in [1.807, 2.05) is 29.5 Å². The van der Waals surface area contributed by atoms with Gasteiger partial charge in [-0.25, -0.2) is 9.98 Å². The second kappa shape index (κ2) is 11.5. The van der Waals surface area contributed by atoms with Crippen molar-refractivity contribution in [3.63, 3.8) is 0 Å². The number of benzene rings is 8. The van der Waals surface area contributed by atoms with Crippen LogP contribution in [0, 0.1) is 0 Å². The average Bonchev–Trinajstić information content (AvgIpc) is 3.79. The summed E-state index contributed by atoms with van der Waals surface area (Å²) in [6.45, 7) is 0. The lowest BCUT2D eigenvalue weighted by Gasteiger charge is -2.25. The summed E-state index contributed by atoms with van der Waals surface area (Å²) in [4.78, 5) is 10.7. The lowest BCUT2D eigenvalue weighted by molar-refractivity contribution is 0.668. The lowest BCUT2D eigenvalue weighted by atomic mass is 9.91. The van der Waals surface area contributed by atoms with Crippen molar-refractivity contribution in [3.8, 4) is 11.1 Å². The van der Waals surface area contributed by atoms with E-state index in [-0.39, 0.29) is 6.17 Å². The summed E-state index contributed by atoms with van der Waals surface area (Å²) >= 11 is 1.83. The van der Waals surface area contributed by atoms with Crippen molar-refractivity contribution < 1.29 is 4.42 Å². The van der Waals surface area contributed by atoms with E-state index >= 15 is 0 Å². The van der Waals surface area contributed by atoms with E-state index in [1.54, 1.807) is 0 Å². The molecule has 0 spiro atoms. The largest absolute Gasteiger partial charge is 0.456 e. The standard InChI is InChI=1S/C47H29N3OS/c1-2-12-29(13-3-1)45-48-46(31-23-24-33-30(27-31)22-21-28-11-4-5-14-32(28)33)50-47(49-45)44-35(25-26-39-43(44)36-15-6-8-18-38(36)51-39)34-17-10-20-41-42(34)37-16-7-9-19-40(37)52-41/h1-27,45H,(H,48,49,50). The van der Waals surface area contributed by atoms with Crippen molar-refractivity contribution in [1.29, 1.82) is 0 Å². The van der Waals surface area contributed by atoms with E-state index in [1.165, 1.54) is 41.9 Å². The number of nitrogens with zero attached hydrogens (tertiary/aromatic N) is 2. The molecule has 2 aromatic heterocycles. The molecule has 8 aromatic carbocycles. The number of thiophene rings is 1. The van der Waals surface area contributed by atoms with Gasteiger partial charge in [0, 0.05) is 42.1 Å². The fourth-order valence-corrected chi connectivity index (χ4v) is 9.08. The zero-order valence-electron chi connectivity index (χ0n) is 27.9. The average molecular weight is 684 g/mol. The van der Waals surface area contributed by atoms with E-state index < -0.39 is 0 Å². The maximum Gasteiger partial charge on any atom is 0.159 e. The van der Waals surface area contributed by atoms with Gasteiger partial charge in [0.15, 0.2) is 5.84 Å². The van der Waals surface area contributed by atoms with Crippen LogP contribution in [0.4, 0.5) is 0 Å². The molecule has 0 saturated carbocycles. The minimum absolute atomic E-state index is 0.352. The first kappa shape index (κ1) is 29.2. The molecule has 0 radical (unpaired) electrons. The third-order valence-corrected chi connectivity index (χ3v) is 11.5. The van der Waals surface area contributed by atoms with Gasteiger partial charge in [0.2, 0.25) is 0 Å². The fourth-order valence-electron chi connectivity index (χ4n) is 7.95. The first-order chi connectivity index (χ1) is 25.8. The zero-order chi connectivity index (χ0) is 34.2. The highest BCUT2D eigenvalue weighted by Crippen LogP contribution is 2.44. The van der Waals surface area contributed by atoms with Crippen LogP contribution < -0.4 is 5.32 Å². The van der Waals surface area contributed by atoms with Crippen LogP contribution in [0.2, 0.25) is 0 Å². The molecule has 0 fully saturated rings. The van der Waals surface area contributed by atoms with Crippen LogP contribution in [0.25, 0.3) is 74.8 Å². The lowest BCUT2D eigenvalue weighted by Crippen LogP contribution is -2.34. The molecule has 1 N–H and O–H groups in total. The quantitative estimate of drug-likeness (QED) is 0.188. The number of rotatable bonds is 4. The van der Waals surface area contributed by atoms with Crippen LogP contribution in [-0.2, 0) is 0 Å². The predicted molar refractivity (Wildman–Crippen MR) is 219 cm³/mol. The predicted octanol–water partition coefficient (Wildman–Crippen LogP) is 12.4. The molecule has 0 saturated heterocycles. The molecule has 1 aliphatic heterocycles. The Labute approximate surface area is 303 Å². The highest BCUT2D eigenvalue weighted by molar-refractivity contribution is 7.25. The minimum Gasteiger partial charge on any atom is -0.456 e. The Hall–Kier alpha value is -6.56. The second-order valence-corrected chi connectivity index (χ2v) is 14.4. The monoisotopic (exact) mass is 683 g/mol. The van der Waals surface area contributed by atoms with E-state index in [0.29, 0.717) is 5.84 Å². The van der Waals surface area contributed by atoms with Crippen LogP contribution in [0.15, 0.2) is 178 Å². The summed E-state index contributed by atoms with van der Waals surface area (Å²) in [6, 6.07) is 57.9. The maximum absolute atomic E-state index is 6.51. The molecule has 0 amide bonds. The van der Waals surface area contributed by atoms with Gasteiger partial charge in [-0.1, -0.05) is 127 Å². The van der Waals surface area contributed by atoms with Gasteiger partial charge in [0.1, 0.15) is 23.2 Å². The highest BCUT2D eigenvalue weighted by Gasteiger charge is 2.27. The molecule has 1 atom stereocenters. The molecular weight excluding hydrogens is 655 g/mol. The Morgan fingerprint density at radius 1 is 0.519 bits per heavy atom. The van der Waals surface area contributed by atoms with Crippen molar-refractivity contribution in [1.82, 2.24) is 5.32 Å². The number of hydrogen-bond acceptors (Lipinski definition) is 5. The molecule has 5 heteroatoms. The molecule has 1 unspecified atom stereocenters. The maximum atomic E-state index is 6.51. The van der Waals surface area contributed by atoms with Crippen LogP contribution in [0.3, 0.4) is 0 Å². The molecule has 244 valence electrons. The van der Waals surface area contributed by atoms with Gasteiger partial charge in [-0.3, -0.25) is 0 Å². The van der Waals surface area contributed by atoms with Crippen molar-refractivity contribution in [2.24, 2.45) is 9.98 Å². The van der Waals surface area contributed by atoms with Crippen LogP contribution in [0.5, 0.6) is 0 Å². The molecule has 0 aliphatic carbocycles. The van der Waals surface area contributed by atoms with Crippen molar-refractivity contribution in [3.05, 3.63) is 180 Å². The fraction of sp³-hybridized carbons (Fsp3) is 0.0213. The SMILES string of the molecule is c1ccc(C2N=C(c3ccc4c(ccc5ccccc54)c3)N=C(c3c(-c4cccc5sc6ccccc6c45)ccc4oc5ccccc5c34)N2)cc1. The van der Waals surface area contributed by atoms with E-state index in [4.69, 9.17) is 14.4 Å². The summed E-state index contributed by atoms with van der Waals surface area (Å²) in [5, 5.41) is 13.2. The summed E-state index contributed by atoms with van der Waals surface area (Å²) in [5.74, 6) is 1.45. The molecule has 4 nitrogen and oxygen atoms in total. The van der Waals surface area contributed by atoms with Crippen molar-refractivity contribution >= 4 is 86.7 Å². The third-order valence-electron chi connectivity index (χ3n) is 10.3. The smallest absolute Gasteiger partial charge is 0.159 e. The molecule has 3 heterocycles. The number of hydrogen-bond donors (Lipinski definition) is 1. The summed E-state index contributed by atoms with van der Waals surface area (Å²) in [6.07, 6.45) is -0.352. The molecule has 11 rings (SSSR count). The normalized spacial score (nSPS) is 14.7. The Kier molecular flexibility index (Phi) is 6.45. The number of amidine groups is 2. The van der Waals surface area contributed by atoms with Gasteiger partial charge < -0.3 is 9.73 Å². The Morgan fingerprint density at radius 2 is 1.27 bits per heavy atom. The molecule has 52 heavy (non-hydrogen) atoms. The highest BCUT2D eigenvalue weighted by atomic mass is 32.1. The van der Waals surface area contributed by atoms with E-state index in [2.05, 4.69) is 151 Å². The molecule has 1 aliphatic rings.